The van der Waals surface area contributed by atoms with Crippen molar-refractivity contribution in [2.45, 2.75) is 12.8 Å². The lowest BCUT2D eigenvalue weighted by Gasteiger charge is -2.31. The number of hydrogen-bond donors (Lipinski definition) is 2. The van der Waals surface area contributed by atoms with Gasteiger partial charge in [0.05, 0.1) is 0 Å². The third kappa shape index (κ3) is 5.98. The van der Waals surface area contributed by atoms with Crippen LogP contribution in [-0.4, -0.2) is 67.9 Å². The van der Waals surface area contributed by atoms with Crippen LogP contribution in [0.3, 0.4) is 0 Å². The lowest BCUT2D eigenvalue weighted by Crippen LogP contribution is -2.47. The first-order chi connectivity index (χ1) is 9.52. The van der Waals surface area contributed by atoms with Crippen LogP contribution in [0.5, 0.6) is 0 Å². The average molecular weight is 288 g/mol. The summed E-state index contributed by atoms with van der Waals surface area (Å²) >= 11 is 0. The summed E-state index contributed by atoms with van der Waals surface area (Å²) in [6, 6.07) is -0.468. The lowest BCUT2D eigenvalue weighted by molar-refractivity contribution is -0.143. The molecular formula is C12H20N2O6. The van der Waals surface area contributed by atoms with Crippen molar-refractivity contribution < 1.29 is 29.0 Å². The van der Waals surface area contributed by atoms with E-state index in [0.29, 0.717) is 25.6 Å². The number of likely N-dealkylation sites (tertiary alicyclic amines) is 1. The zero-order valence-electron chi connectivity index (χ0n) is 11.5. The Morgan fingerprint density at radius 2 is 1.90 bits per heavy atom. The van der Waals surface area contributed by atoms with E-state index in [1.54, 1.807) is 12.0 Å². The molecule has 8 nitrogen and oxygen atoms in total. The number of rotatable bonds is 6. The fraction of sp³-hybridized carbons (Fsp3) is 0.750. The Bertz CT molecular complexity index is 352. The van der Waals surface area contributed by atoms with Crippen molar-refractivity contribution in [2.24, 2.45) is 5.92 Å². The van der Waals surface area contributed by atoms with Crippen LogP contribution < -0.4 is 5.32 Å². The van der Waals surface area contributed by atoms with Gasteiger partial charge in [0.25, 0.3) is 5.91 Å². The second-order valence-corrected chi connectivity index (χ2v) is 4.63. The maximum absolute atomic E-state index is 11.8. The first-order valence-corrected chi connectivity index (χ1v) is 6.40. The van der Waals surface area contributed by atoms with Crippen LogP contribution in [0.25, 0.3) is 0 Å². The standard InChI is InChI=1S/C12H20N2O6/c1-19-6-9-2-4-14(5-3-9)12(18)13-10(15)7-20-8-11(16)17/h9H,2-8H2,1H3,(H,16,17)(H,13,15,18). The van der Waals surface area contributed by atoms with E-state index in [-0.39, 0.29) is 0 Å². The molecule has 0 spiro atoms. The molecular weight excluding hydrogens is 268 g/mol. The van der Waals surface area contributed by atoms with Gasteiger partial charge in [-0.2, -0.15) is 0 Å². The molecule has 1 fully saturated rings. The highest BCUT2D eigenvalue weighted by molar-refractivity contribution is 5.95. The number of carboxylic acid groups (broad SMARTS) is 1. The van der Waals surface area contributed by atoms with E-state index in [0.717, 1.165) is 12.8 Å². The molecule has 0 aromatic rings. The molecule has 1 heterocycles. The van der Waals surface area contributed by atoms with Crippen molar-refractivity contribution in [3.05, 3.63) is 0 Å². The predicted octanol–water partition coefficient (Wildman–Crippen LogP) is -0.318. The minimum absolute atomic E-state index is 0.443. The molecule has 0 aromatic heterocycles. The van der Waals surface area contributed by atoms with Gasteiger partial charge in [-0.05, 0) is 18.8 Å². The Labute approximate surface area is 117 Å². The van der Waals surface area contributed by atoms with E-state index < -0.39 is 31.1 Å². The molecule has 0 bridgehead atoms. The smallest absolute Gasteiger partial charge is 0.329 e. The SMILES string of the molecule is COCC1CCN(C(=O)NC(=O)COCC(=O)O)CC1. The van der Waals surface area contributed by atoms with Gasteiger partial charge in [-0.1, -0.05) is 0 Å². The van der Waals surface area contributed by atoms with E-state index in [1.807, 2.05) is 0 Å². The van der Waals surface area contributed by atoms with E-state index in [1.165, 1.54) is 0 Å². The highest BCUT2D eigenvalue weighted by Gasteiger charge is 2.23. The molecule has 3 amide bonds. The number of piperidine rings is 1. The minimum Gasteiger partial charge on any atom is -0.480 e. The predicted molar refractivity (Wildman–Crippen MR) is 68.2 cm³/mol. The molecule has 1 rings (SSSR count). The molecule has 0 aromatic carbocycles. The molecule has 0 aliphatic carbocycles. The van der Waals surface area contributed by atoms with Crippen molar-refractivity contribution in [3.63, 3.8) is 0 Å². The molecule has 20 heavy (non-hydrogen) atoms. The first-order valence-electron chi connectivity index (χ1n) is 6.40. The van der Waals surface area contributed by atoms with Crippen LogP contribution in [0.1, 0.15) is 12.8 Å². The van der Waals surface area contributed by atoms with Gasteiger partial charge in [0.2, 0.25) is 0 Å². The summed E-state index contributed by atoms with van der Waals surface area (Å²) < 4.78 is 9.66. The number of carboxylic acids is 1. The monoisotopic (exact) mass is 288 g/mol. The van der Waals surface area contributed by atoms with Gasteiger partial charge in [0, 0.05) is 26.8 Å². The van der Waals surface area contributed by atoms with Crippen LogP contribution in [0.15, 0.2) is 0 Å². The zero-order valence-corrected chi connectivity index (χ0v) is 11.5. The fourth-order valence-corrected chi connectivity index (χ4v) is 2.00. The minimum atomic E-state index is -1.16. The lowest BCUT2D eigenvalue weighted by atomic mass is 9.98. The molecule has 1 aliphatic heterocycles. The third-order valence-corrected chi connectivity index (χ3v) is 3.01. The molecule has 0 saturated carbocycles. The topological polar surface area (TPSA) is 105 Å². The highest BCUT2D eigenvalue weighted by Crippen LogP contribution is 2.17. The van der Waals surface area contributed by atoms with E-state index in [4.69, 9.17) is 9.84 Å². The van der Waals surface area contributed by atoms with Gasteiger partial charge in [-0.15, -0.1) is 0 Å². The van der Waals surface area contributed by atoms with E-state index >= 15 is 0 Å². The summed E-state index contributed by atoms with van der Waals surface area (Å²) in [5.74, 6) is -1.36. The number of amides is 3. The Kier molecular flexibility index (Phi) is 6.96. The van der Waals surface area contributed by atoms with Crippen LogP contribution in [0.2, 0.25) is 0 Å². The molecule has 8 heteroatoms. The molecule has 1 saturated heterocycles. The molecule has 0 atom stereocenters. The average Bonchev–Trinajstić information content (AvgIpc) is 2.39. The number of carbonyl (C=O) groups is 3. The van der Waals surface area contributed by atoms with E-state index in [2.05, 4.69) is 10.1 Å². The normalized spacial score (nSPS) is 15.9. The van der Waals surface area contributed by atoms with Crippen molar-refractivity contribution in [1.29, 1.82) is 0 Å². The summed E-state index contributed by atoms with van der Waals surface area (Å²) in [5, 5.41) is 10.5. The molecule has 0 radical (unpaired) electrons. The second kappa shape index (κ2) is 8.49. The van der Waals surface area contributed by atoms with Gasteiger partial charge < -0.3 is 19.5 Å². The zero-order chi connectivity index (χ0) is 15.0. The highest BCUT2D eigenvalue weighted by atomic mass is 16.5. The summed E-state index contributed by atoms with van der Waals surface area (Å²) in [6.45, 7) is 0.811. The first kappa shape index (κ1) is 16.4. The largest absolute Gasteiger partial charge is 0.480 e. The van der Waals surface area contributed by atoms with Gasteiger partial charge in [-0.25, -0.2) is 9.59 Å². The van der Waals surface area contributed by atoms with Gasteiger partial charge in [0.1, 0.15) is 13.2 Å². The third-order valence-electron chi connectivity index (χ3n) is 3.01. The summed E-state index contributed by atoms with van der Waals surface area (Å²) in [7, 11) is 1.65. The van der Waals surface area contributed by atoms with Crippen molar-refractivity contribution in [3.8, 4) is 0 Å². The molecule has 0 unspecified atom stereocenters. The molecule has 1 aliphatic rings. The number of nitrogens with zero attached hydrogens (tertiary/aromatic N) is 1. The number of aliphatic carboxylic acids is 1. The number of urea groups is 1. The van der Waals surface area contributed by atoms with Crippen molar-refractivity contribution in [1.82, 2.24) is 10.2 Å². The number of imide groups is 1. The maximum Gasteiger partial charge on any atom is 0.329 e. The molecule has 2 N–H and O–H groups in total. The van der Waals surface area contributed by atoms with E-state index in [9.17, 15) is 14.4 Å². The van der Waals surface area contributed by atoms with Crippen LogP contribution >= 0.6 is 0 Å². The Morgan fingerprint density at radius 3 is 2.45 bits per heavy atom. The Morgan fingerprint density at radius 1 is 1.25 bits per heavy atom. The van der Waals surface area contributed by atoms with Gasteiger partial charge in [0.15, 0.2) is 0 Å². The van der Waals surface area contributed by atoms with Crippen LogP contribution in [0, 0.1) is 5.92 Å². The summed E-state index contributed by atoms with van der Waals surface area (Å²) in [4.78, 5) is 34.9. The van der Waals surface area contributed by atoms with Crippen LogP contribution in [0.4, 0.5) is 4.79 Å². The number of carbonyl (C=O) groups excluding carboxylic acids is 2. The summed E-state index contributed by atoms with van der Waals surface area (Å²) in [5.41, 5.74) is 0. The van der Waals surface area contributed by atoms with Gasteiger partial charge >= 0.3 is 12.0 Å². The fourth-order valence-electron chi connectivity index (χ4n) is 2.00. The number of ether oxygens (including phenoxy) is 2. The number of nitrogens with one attached hydrogen (secondary N) is 1. The summed E-state index contributed by atoms with van der Waals surface area (Å²) in [6.07, 6.45) is 1.68. The van der Waals surface area contributed by atoms with Crippen LogP contribution in [-0.2, 0) is 19.1 Å². The number of methoxy groups -OCH3 is 1. The van der Waals surface area contributed by atoms with Crippen molar-refractivity contribution in [2.75, 3.05) is 40.0 Å². The number of hydrogen-bond acceptors (Lipinski definition) is 5. The Hall–Kier alpha value is -1.67. The second-order valence-electron chi connectivity index (χ2n) is 4.63. The van der Waals surface area contributed by atoms with Gasteiger partial charge in [-0.3, -0.25) is 10.1 Å². The maximum atomic E-state index is 11.8. The Balaban J connectivity index is 2.22. The molecule has 114 valence electrons. The quantitative estimate of drug-likeness (QED) is 0.694. The van der Waals surface area contributed by atoms with Crippen molar-refractivity contribution >= 4 is 17.9 Å².